The Balaban J connectivity index is 2.42. The van der Waals surface area contributed by atoms with Gasteiger partial charge in [-0.25, -0.2) is 4.79 Å². The van der Waals surface area contributed by atoms with E-state index in [1.54, 1.807) is 4.57 Å². The molecule has 1 aromatic rings. The normalized spacial score (nSPS) is 19.0. The molecule has 1 N–H and O–H groups in total. The minimum Gasteiger partial charge on any atom is -0.475 e. The van der Waals surface area contributed by atoms with Gasteiger partial charge in [0.05, 0.1) is 0 Å². The highest BCUT2D eigenvalue weighted by Gasteiger charge is 2.29. The lowest BCUT2D eigenvalue weighted by molar-refractivity contribution is 0.0672. The van der Waals surface area contributed by atoms with Crippen molar-refractivity contribution in [2.24, 2.45) is 5.41 Å². The van der Waals surface area contributed by atoms with Crippen molar-refractivity contribution in [2.75, 3.05) is 0 Å². The van der Waals surface area contributed by atoms with Crippen LogP contribution in [0.25, 0.3) is 0 Å². The summed E-state index contributed by atoms with van der Waals surface area (Å²) in [7, 11) is 0. The molecular weight excluding hydrogens is 182 g/mol. The molecule has 76 valence electrons. The zero-order chi connectivity index (χ0) is 10.3. The number of nitrogens with zero attached hydrogens (tertiary/aromatic N) is 3. The Kier molecular flexibility index (Phi) is 1.83. The van der Waals surface area contributed by atoms with Gasteiger partial charge in [0.15, 0.2) is 0 Å². The molecule has 2 rings (SSSR count). The third-order valence-electron chi connectivity index (χ3n) is 2.63. The van der Waals surface area contributed by atoms with Gasteiger partial charge in [-0.1, -0.05) is 13.8 Å². The molecule has 1 aliphatic rings. The molecule has 0 unspecified atom stereocenters. The first-order valence-corrected chi connectivity index (χ1v) is 4.65. The molecule has 0 radical (unpaired) electrons. The minimum atomic E-state index is -0.999. The van der Waals surface area contributed by atoms with Crippen LogP contribution in [0.5, 0.6) is 0 Å². The van der Waals surface area contributed by atoms with Gasteiger partial charge in [0.1, 0.15) is 5.82 Å². The Labute approximate surface area is 81.8 Å². The summed E-state index contributed by atoms with van der Waals surface area (Å²) in [6.45, 7) is 4.94. The number of aromatic nitrogens is 3. The lowest BCUT2D eigenvalue weighted by Gasteiger charge is -2.30. The van der Waals surface area contributed by atoms with Gasteiger partial charge in [0.25, 0.3) is 0 Å². The predicted molar refractivity (Wildman–Crippen MR) is 49.1 cm³/mol. The second kappa shape index (κ2) is 2.80. The average molecular weight is 195 g/mol. The van der Waals surface area contributed by atoms with Gasteiger partial charge in [0.2, 0.25) is 5.82 Å². The molecule has 0 aromatic carbocycles. The summed E-state index contributed by atoms with van der Waals surface area (Å²) < 4.78 is 1.71. The number of carboxylic acids is 1. The molecule has 0 bridgehead atoms. The highest BCUT2D eigenvalue weighted by atomic mass is 16.4. The van der Waals surface area contributed by atoms with Gasteiger partial charge in [-0.15, -0.1) is 10.2 Å². The summed E-state index contributed by atoms with van der Waals surface area (Å²) in [5.74, 6) is -0.143. The molecule has 2 heterocycles. The highest BCUT2D eigenvalue weighted by Crippen LogP contribution is 2.30. The minimum absolute atomic E-state index is 0.0628. The van der Waals surface area contributed by atoms with Gasteiger partial charge < -0.3 is 9.67 Å². The largest absolute Gasteiger partial charge is 0.475 e. The van der Waals surface area contributed by atoms with Crippen LogP contribution in [-0.4, -0.2) is 25.8 Å². The molecule has 0 saturated carbocycles. The van der Waals surface area contributed by atoms with Crippen molar-refractivity contribution in [3.63, 3.8) is 0 Å². The van der Waals surface area contributed by atoms with Crippen LogP contribution in [0.3, 0.4) is 0 Å². The second-order valence-corrected chi connectivity index (χ2v) is 4.50. The van der Waals surface area contributed by atoms with Crippen LogP contribution >= 0.6 is 0 Å². The summed E-state index contributed by atoms with van der Waals surface area (Å²) in [5.41, 5.74) is 0.138. The molecule has 14 heavy (non-hydrogen) atoms. The van der Waals surface area contributed by atoms with E-state index in [0.717, 1.165) is 18.7 Å². The molecule has 0 aliphatic carbocycles. The fourth-order valence-electron chi connectivity index (χ4n) is 1.80. The molecule has 0 fully saturated rings. The smallest absolute Gasteiger partial charge is 0.374 e. The van der Waals surface area contributed by atoms with E-state index in [9.17, 15) is 4.79 Å². The van der Waals surface area contributed by atoms with Gasteiger partial charge in [-0.05, 0) is 11.8 Å². The van der Waals surface area contributed by atoms with Crippen molar-refractivity contribution in [3.8, 4) is 0 Å². The summed E-state index contributed by atoms with van der Waals surface area (Å²) in [6.07, 6.45) is 1.85. The van der Waals surface area contributed by atoms with Gasteiger partial charge in [-0.2, -0.15) is 0 Å². The highest BCUT2D eigenvalue weighted by molar-refractivity contribution is 5.83. The number of carbonyl (C=O) groups is 1. The number of hydrogen-bond donors (Lipinski definition) is 1. The van der Waals surface area contributed by atoms with Crippen molar-refractivity contribution in [1.29, 1.82) is 0 Å². The fourth-order valence-corrected chi connectivity index (χ4v) is 1.80. The molecular formula is C9H13N3O2. The fraction of sp³-hybridized carbons (Fsp3) is 0.667. The number of aromatic carboxylic acids is 1. The lowest BCUT2D eigenvalue weighted by Crippen LogP contribution is -2.29. The Morgan fingerprint density at radius 3 is 2.86 bits per heavy atom. The van der Waals surface area contributed by atoms with Crippen LogP contribution in [0.4, 0.5) is 0 Å². The van der Waals surface area contributed by atoms with Crippen LogP contribution in [0.2, 0.25) is 0 Å². The first kappa shape index (κ1) is 9.18. The number of carboxylic acid groups (broad SMARTS) is 1. The van der Waals surface area contributed by atoms with Gasteiger partial charge in [0, 0.05) is 13.0 Å². The third-order valence-corrected chi connectivity index (χ3v) is 2.63. The maximum Gasteiger partial charge on any atom is 0.374 e. The maximum atomic E-state index is 10.8. The number of aryl methyl sites for hydroxylation is 1. The summed E-state index contributed by atoms with van der Waals surface area (Å²) in [5, 5.41) is 16.4. The monoisotopic (exact) mass is 195 g/mol. The first-order chi connectivity index (χ1) is 6.49. The lowest BCUT2D eigenvalue weighted by atomic mass is 9.85. The molecule has 0 amide bonds. The Morgan fingerprint density at radius 1 is 1.50 bits per heavy atom. The van der Waals surface area contributed by atoms with Crippen LogP contribution < -0.4 is 0 Å². The van der Waals surface area contributed by atoms with Crippen molar-refractivity contribution >= 4 is 5.97 Å². The van der Waals surface area contributed by atoms with E-state index in [4.69, 9.17) is 5.11 Å². The van der Waals surface area contributed by atoms with Crippen LogP contribution in [0.15, 0.2) is 0 Å². The number of hydrogen-bond acceptors (Lipinski definition) is 3. The van der Waals surface area contributed by atoms with E-state index >= 15 is 0 Å². The number of fused-ring (bicyclic) bond motifs is 1. The van der Waals surface area contributed by atoms with E-state index in [1.165, 1.54) is 0 Å². The molecule has 5 nitrogen and oxygen atoms in total. The van der Waals surface area contributed by atoms with E-state index in [0.29, 0.717) is 6.54 Å². The molecule has 1 aliphatic heterocycles. The van der Waals surface area contributed by atoms with E-state index < -0.39 is 5.97 Å². The van der Waals surface area contributed by atoms with E-state index in [1.807, 2.05) is 0 Å². The van der Waals surface area contributed by atoms with E-state index in [2.05, 4.69) is 24.0 Å². The summed E-state index contributed by atoms with van der Waals surface area (Å²) in [6, 6.07) is 0. The average Bonchev–Trinajstić information content (AvgIpc) is 2.44. The van der Waals surface area contributed by atoms with Crippen molar-refractivity contribution in [1.82, 2.24) is 14.8 Å². The van der Waals surface area contributed by atoms with Crippen LogP contribution in [-0.2, 0) is 13.0 Å². The molecule has 0 atom stereocenters. The van der Waals surface area contributed by atoms with Crippen molar-refractivity contribution < 1.29 is 9.90 Å². The Bertz CT molecular complexity index is 381. The first-order valence-electron chi connectivity index (χ1n) is 4.65. The van der Waals surface area contributed by atoms with Gasteiger partial charge >= 0.3 is 5.97 Å². The standard InChI is InChI=1S/C9H13N3O2/c1-9(2)4-3-6-10-11-7(8(13)14)12(6)5-9/h3-5H2,1-2H3,(H,13,14). The summed E-state index contributed by atoms with van der Waals surface area (Å²) in [4.78, 5) is 10.8. The number of rotatable bonds is 1. The predicted octanol–water partition coefficient (Wildman–Crippen LogP) is 0.949. The van der Waals surface area contributed by atoms with Crippen LogP contribution in [0, 0.1) is 5.41 Å². The van der Waals surface area contributed by atoms with E-state index in [-0.39, 0.29) is 11.2 Å². The van der Waals surface area contributed by atoms with Gasteiger partial charge in [-0.3, -0.25) is 0 Å². The second-order valence-electron chi connectivity index (χ2n) is 4.50. The SMILES string of the molecule is CC1(C)CCc2nnc(C(=O)O)n2C1. The zero-order valence-electron chi connectivity index (χ0n) is 8.32. The third kappa shape index (κ3) is 1.38. The molecule has 0 spiro atoms. The molecule has 5 heteroatoms. The van der Waals surface area contributed by atoms with Crippen molar-refractivity contribution in [2.45, 2.75) is 33.2 Å². The molecule has 0 saturated heterocycles. The Morgan fingerprint density at radius 2 is 2.21 bits per heavy atom. The van der Waals surface area contributed by atoms with Crippen molar-refractivity contribution in [3.05, 3.63) is 11.6 Å². The zero-order valence-corrected chi connectivity index (χ0v) is 8.32. The maximum absolute atomic E-state index is 10.8. The molecule has 1 aromatic heterocycles. The topological polar surface area (TPSA) is 68.0 Å². The summed E-state index contributed by atoms with van der Waals surface area (Å²) >= 11 is 0. The Hall–Kier alpha value is -1.39. The quantitative estimate of drug-likeness (QED) is 0.724. The van der Waals surface area contributed by atoms with Crippen LogP contribution in [0.1, 0.15) is 36.7 Å².